The molecule has 0 saturated carbocycles. The fraction of sp³-hybridized carbons (Fsp3) is 0.130. The molecule has 0 amide bonds. The molecule has 0 atom stereocenters. The van der Waals surface area contributed by atoms with Gasteiger partial charge in [0.05, 0.1) is 30.2 Å². The van der Waals surface area contributed by atoms with Crippen molar-refractivity contribution in [3.63, 3.8) is 0 Å². The van der Waals surface area contributed by atoms with Crippen molar-refractivity contribution in [2.75, 3.05) is 13.7 Å². The van der Waals surface area contributed by atoms with Gasteiger partial charge < -0.3 is 19.3 Å². The number of hydrogen-bond donors (Lipinski definition) is 1. The second-order valence-corrected chi connectivity index (χ2v) is 6.21. The quantitative estimate of drug-likeness (QED) is 0.489. The molecule has 0 aliphatic heterocycles. The van der Waals surface area contributed by atoms with Crippen molar-refractivity contribution in [2.45, 2.75) is 6.92 Å². The van der Waals surface area contributed by atoms with Crippen LogP contribution in [0.2, 0.25) is 0 Å². The van der Waals surface area contributed by atoms with Crippen LogP contribution in [0, 0.1) is 0 Å². The van der Waals surface area contributed by atoms with Crippen LogP contribution in [0.15, 0.2) is 66.7 Å². The Balaban J connectivity index is 1.87. The first-order valence-corrected chi connectivity index (χ1v) is 9.24. The van der Waals surface area contributed by atoms with E-state index in [1.165, 1.54) is 7.11 Å². The van der Waals surface area contributed by atoms with Crippen LogP contribution in [-0.4, -0.2) is 28.8 Å². The number of hydrogen-bond acceptors (Lipinski definition) is 6. The first kappa shape index (κ1) is 18.6. The fourth-order valence-corrected chi connectivity index (χ4v) is 3.03. The van der Waals surface area contributed by atoms with Crippen LogP contribution in [-0.2, 0) is 0 Å². The van der Waals surface area contributed by atoms with Gasteiger partial charge in [0.1, 0.15) is 0 Å². The Morgan fingerprint density at radius 3 is 2.34 bits per heavy atom. The van der Waals surface area contributed by atoms with E-state index in [0.29, 0.717) is 46.6 Å². The fourth-order valence-electron chi connectivity index (χ4n) is 3.03. The lowest BCUT2D eigenvalue weighted by Crippen LogP contribution is -1.99. The summed E-state index contributed by atoms with van der Waals surface area (Å²) in [5, 5.41) is 11.3. The summed E-state index contributed by atoms with van der Waals surface area (Å²) in [6.45, 7) is 2.44. The van der Waals surface area contributed by atoms with E-state index in [2.05, 4.69) is 9.97 Å². The minimum Gasteiger partial charge on any atom is -0.504 e. The number of phenolic OH excluding ortho intramolecular Hbond substituents is 1. The van der Waals surface area contributed by atoms with Crippen molar-refractivity contribution in [3.8, 4) is 40.3 Å². The van der Waals surface area contributed by atoms with E-state index >= 15 is 0 Å². The van der Waals surface area contributed by atoms with Gasteiger partial charge >= 0.3 is 0 Å². The average Bonchev–Trinajstić information content (AvgIpc) is 2.75. The monoisotopic (exact) mass is 388 g/mol. The first-order chi connectivity index (χ1) is 14.2. The molecule has 0 bridgehead atoms. The molecule has 146 valence electrons. The van der Waals surface area contributed by atoms with Gasteiger partial charge in [0.25, 0.3) is 0 Å². The number of nitrogens with zero attached hydrogens (tertiary/aromatic N) is 2. The first-order valence-electron chi connectivity index (χ1n) is 9.24. The summed E-state index contributed by atoms with van der Waals surface area (Å²) in [5.74, 6) is 2.22. The smallest absolute Gasteiger partial charge is 0.230 e. The number of methoxy groups -OCH3 is 1. The second kappa shape index (κ2) is 8.06. The van der Waals surface area contributed by atoms with Crippen LogP contribution in [0.3, 0.4) is 0 Å². The Morgan fingerprint density at radius 2 is 1.55 bits per heavy atom. The van der Waals surface area contributed by atoms with Crippen molar-refractivity contribution in [1.29, 1.82) is 0 Å². The van der Waals surface area contributed by atoms with Gasteiger partial charge in [-0.1, -0.05) is 30.3 Å². The van der Waals surface area contributed by atoms with Gasteiger partial charge in [0.15, 0.2) is 28.8 Å². The highest BCUT2D eigenvalue weighted by Crippen LogP contribution is 2.38. The third-order valence-electron chi connectivity index (χ3n) is 4.38. The van der Waals surface area contributed by atoms with Crippen LogP contribution in [0.5, 0.6) is 28.9 Å². The van der Waals surface area contributed by atoms with E-state index in [4.69, 9.17) is 14.2 Å². The molecule has 29 heavy (non-hydrogen) atoms. The maximum atomic E-state index is 10.5. The average molecular weight is 388 g/mol. The highest BCUT2D eigenvalue weighted by molar-refractivity contribution is 5.86. The third-order valence-corrected chi connectivity index (χ3v) is 4.38. The van der Waals surface area contributed by atoms with Crippen LogP contribution < -0.4 is 14.2 Å². The van der Waals surface area contributed by atoms with E-state index in [1.54, 1.807) is 18.2 Å². The lowest BCUT2D eigenvalue weighted by molar-refractivity contribution is 0.320. The molecule has 1 N–H and O–H groups in total. The van der Waals surface area contributed by atoms with Crippen LogP contribution in [0.25, 0.3) is 22.3 Å². The number of ether oxygens (including phenoxy) is 3. The van der Waals surface area contributed by atoms with Gasteiger partial charge in [0.2, 0.25) is 5.88 Å². The number of benzene rings is 3. The number of aromatic nitrogens is 2. The summed E-state index contributed by atoms with van der Waals surface area (Å²) >= 11 is 0. The van der Waals surface area contributed by atoms with Gasteiger partial charge in [-0.05, 0) is 43.3 Å². The minimum absolute atomic E-state index is 0.0223. The van der Waals surface area contributed by atoms with E-state index in [1.807, 2.05) is 55.5 Å². The van der Waals surface area contributed by atoms with E-state index in [-0.39, 0.29) is 5.75 Å². The number of para-hydroxylation sites is 4. The van der Waals surface area contributed by atoms with Gasteiger partial charge in [0, 0.05) is 0 Å². The van der Waals surface area contributed by atoms with E-state index < -0.39 is 0 Å². The zero-order valence-corrected chi connectivity index (χ0v) is 16.1. The molecule has 0 aliphatic rings. The van der Waals surface area contributed by atoms with Gasteiger partial charge in [-0.25, -0.2) is 4.98 Å². The number of aromatic hydroxyl groups is 1. The molecule has 0 radical (unpaired) electrons. The third kappa shape index (κ3) is 3.65. The standard InChI is InChI=1S/C23H20N2O4/c1-3-28-18-12-6-7-13-19(18)29-23-15-9-4-5-11-17(15)24-22(25-23)16-10-8-14-20(27-2)21(16)26/h4-14,26H,3H2,1-2H3. The molecule has 0 unspecified atom stereocenters. The number of fused-ring (bicyclic) bond motifs is 1. The van der Waals surface area contributed by atoms with E-state index in [0.717, 1.165) is 5.39 Å². The Bertz CT molecular complexity index is 1160. The minimum atomic E-state index is -0.0223. The Morgan fingerprint density at radius 1 is 0.828 bits per heavy atom. The van der Waals surface area contributed by atoms with Gasteiger partial charge in [-0.15, -0.1) is 0 Å². The molecule has 0 spiro atoms. The van der Waals surface area contributed by atoms with Crippen molar-refractivity contribution in [1.82, 2.24) is 9.97 Å². The lowest BCUT2D eigenvalue weighted by atomic mass is 10.1. The Hall–Kier alpha value is -3.80. The van der Waals surface area contributed by atoms with E-state index in [9.17, 15) is 5.11 Å². The molecule has 1 heterocycles. The lowest BCUT2D eigenvalue weighted by Gasteiger charge is -2.14. The molecular weight excluding hydrogens is 368 g/mol. The highest BCUT2D eigenvalue weighted by atomic mass is 16.5. The Kier molecular flexibility index (Phi) is 5.16. The molecule has 4 aromatic rings. The van der Waals surface area contributed by atoms with Gasteiger partial charge in [-0.3, -0.25) is 0 Å². The molecule has 1 aromatic heterocycles. The molecule has 6 heteroatoms. The normalized spacial score (nSPS) is 10.7. The summed E-state index contributed by atoms with van der Waals surface area (Å²) in [4.78, 5) is 9.20. The summed E-state index contributed by atoms with van der Waals surface area (Å²) in [5.41, 5.74) is 1.15. The maximum Gasteiger partial charge on any atom is 0.230 e. The summed E-state index contributed by atoms with van der Waals surface area (Å²) in [7, 11) is 1.50. The zero-order valence-electron chi connectivity index (χ0n) is 16.1. The summed E-state index contributed by atoms with van der Waals surface area (Å²) < 4.78 is 17.0. The predicted octanol–water partition coefficient (Wildman–Crippen LogP) is 5.20. The van der Waals surface area contributed by atoms with Crippen LogP contribution in [0.4, 0.5) is 0 Å². The number of phenols is 1. The zero-order chi connectivity index (χ0) is 20.2. The molecule has 0 fully saturated rings. The molecular formula is C23H20N2O4. The van der Waals surface area contributed by atoms with Crippen LogP contribution >= 0.6 is 0 Å². The summed E-state index contributed by atoms with van der Waals surface area (Å²) in [6.07, 6.45) is 0. The van der Waals surface area contributed by atoms with Gasteiger partial charge in [-0.2, -0.15) is 4.98 Å². The molecule has 6 nitrogen and oxygen atoms in total. The predicted molar refractivity (Wildman–Crippen MR) is 111 cm³/mol. The van der Waals surface area contributed by atoms with Crippen molar-refractivity contribution >= 4 is 10.9 Å². The van der Waals surface area contributed by atoms with Crippen molar-refractivity contribution < 1.29 is 19.3 Å². The molecule has 4 rings (SSSR count). The SMILES string of the molecule is CCOc1ccccc1Oc1nc(-c2cccc(OC)c2O)nc2ccccc12. The molecule has 0 aliphatic carbocycles. The summed E-state index contributed by atoms with van der Waals surface area (Å²) in [6, 6.07) is 20.2. The number of rotatable bonds is 6. The maximum absolute atomic E-state index is 10.5. The largest absolute Gasteiger partial charge is 0.504 e. The second-order valence-electron chi connectivity index (χ2n) is 6.21. The molecule has 0 saturated heterocycles. The van der Waals surface area contributed by atoms with Crippen molar-refractivity contribution in [3.05, 3.63) is 66.7 Å². The Labute approximate surface area is 168 Å². The van der Waals surface area contributed by atoms with Crippen molar-refractivity contribution in [2.24, 2.45) is 0 Å². The topological polar surface area (TPSA) is 73.7 Å². The molecule has 3 aromatic carbocycles. The highest BCUT2D eigenvalue weighted by Gasteiger charge is 2.17. The van der Waals surface area contributed by atoms with Crippen LogP contribution in [0.1, 0.15) is 6.92 Å².